The molecule has 0 spiro atoms. The number of hydrogen-bond donors (Lipinski definition) is 3. The van der Waals surface area contributed by atoms with Gasteiger partial charge >= 0.3 is 11.9 Å². The molecule has 0 saturated heterocycles. The van der Waals surface area contributed by atoms with Crippen molar-refractivity contribution in [1.29, 1.82) is 0 Å². The van der Waals surface area contributed by atoms with Gasteiger partial charge < -0.3 is 20.7 Å². The lowest BCUT2D eigenvalue weighted by molar-refractivity contribution is -0.158. The van der Waals surface area contributed by atoms with Crippen LogP contribution in [0.3, 0.4) is 0 Å². The summed E-state index contributed by atoms with van der Waals surface area (Å²) in [4.78, 5) is 23.0. The molecular formula is C20H20FNO5. The maximum Gasteiger partial charge on any atom is 0.342 e. The molecule has 0 aliphatic heterocycles. The van der Waals surface area contributed by atoms with E-state index in [0.29, 0.717) is 0 Å². The number of benzene rings is 2. The lowest BCUT2D eigenvalue weighted by atomic mass is 9.87. The molecule has 2 fully saturated rings. The highest BCUT2D eigenvalue weighted by atomic mass is 19.1. The molecule has 0 heterocycles. The van der Waals surface area contributed by atoms with Crippen molar-refractivity contribution < 1.29 is 28.9 Å². The number of rotatable bonds is 5. The summed E-state index contributed by atoms with van der Waals surface area (Å²) in [7, 11) is 0. The Morgan fingerprint density at radius 1 is 1.19 bits per heavy atom. The van der Waals surface area contributed by atoms with E-state index in [1.807, 2.05) is 42.5 Å². The molecule has 2 saturated carbocycles. The standard InChI is InChI=1S/C20H20FNO5/c1-10(12-7-6-11-4-2-3-5-13(11)8-12)27-15-9-14-16(19(14,21)17(23)24)20(15,22)18(25)26/h2-8,10,14-16H,9,22H2,1H3,(H,23,24)(H,25,26)/t10-,14+,15+,16-,19+,20-/m0/s1. The van der Waals surface area contributed by atoms with E-state index in [9.17, 15) is 19.1 Å². The van der Waals surface area contributed by atoms with Gasteiger partial charge in [0.1, 0.15) is 5.54 Å². The van der Waals surface area contributed by atoms with E-state index >= 15 is 0 Å². The Morgan fingerprint density at radius 3 is 2.48 bits per heavy atom. The van der Waals surface area contributed by atoms with Crippen molar-refractivity contribution in [2.75, 3.05) is 0 Å². The van der Waals surface area contributed by atoms with E-state index in [1.54, 1.807) is 6.92 Å². The predicted octanol–water partition coefficient (Wildman–Crippen LogP) is 2.51. The summed E-state index contributed by atoms with van der Waals surface area (Å²) in [5.74, 6) is -5.32. The van der Waals surface area contributed by atoms with Crippen LogP contribution in [-0.2, 0) is 14.3 Å². The lowest BCUT2D eigenvalue weighted by Gasteiger charge is -2.33. The molecule has 2 aromatic carbocycles. The lowest BCUT2D eigenvalue weighted by Crippen LogP contribution is -2.60. The van der Waals surface area contributed by atoms with Gasteiger partial charge in [-0.2, -0.15) is 0 Å². The Labute approximate surface area is 154 Å². The van der Waals surface area contributed by atoms with Crippen LogP contribution in [0.2, 0.25) is 0 Å². The van der Waals surface area contributed by atoms with Crippen molar-refractivity contribution in [2.24, 2.45) is 17.6 Å². The highest BCUT2D eigenvalue weighted by Gasteiger charge is 2.85. The minimum Gasteiger partial charge on any atom is -0.480 e. The van der Waals surface area contributed by atoms with Gasteiger partial charge in [-0.25, -0.2) is 9.18 Å². The zero-order chi connectivity index (χ0) is 19.6. The number of aliphatic carboxylic acids is 2. The topological polar surface area (TPSA) is 110 Å². The zero-order valence-electron chi connectivity index (χ0n) is 14.6. The van der Waals surface area contributed by atoms with Crippen LogP contribution in [0.15, 0.2) is 42.5 Å². The van der Waals surface area contributed by atoms with Crippen molar-refractivity contribution in [3.8, 4) is 0 Å². The van der Waals surface area contributed by atoms with E-state index < -0.39 is 47.2 Å². The molecule has 7 heteroatoms. The Bertz CT molecular complexity index is 949. The van der Waals surface area contributed by atoms with Gasteiger partial charge in [0.05, 0.1) is 12.2 Å². The van der Waals surface area contributed by atoms with Crippen LogP contribution in [0.25, 0.3) is 10.8 Å². The summed E-state index contributed by atoms with van der Waals surface area (Å²) in [6, 6.07) is 13.6. The van der Waals surface area contributed by atoms with E-state index in [0.717, 1.165) is 16.3 Å². The van der Waals surface area contributed by atoms with Crippen molar-refractivity contribution in [2.45, 2.75) is 36.8 Å². The molecule has 6 atom stereocenters. The number of nitrogens with two attached hydrogens (primary N) is 1. The second kappa shape index (κ2) is 5.74. The maximum absolute atomic E-state index is 14.6. The van der Waals surface area contributed by atoms with Crippen LogP contribution >= 0.6 is 0 Å². The number of halogens is 1. The van der Waals surface area contributed by atoms with Crippen LogP contribution in [0.5, 0.6) is 0 Å². The van der Waals surface area contributed by atoms with Crippen LogP contribution in [0, 0.1) is 11.8 Å². The second-order valence-electron chi connectivity index (χ2n) is 7.50. The van der Waals surface area contributed by atoms with Gasteiger partial charge in [0.15, 0.2) is 0 Å². The molecule has 0 unspecified atom stereocenters. The third-order valence-corrected chi connectivity index (χ3v) is 6.11. The molecule has 0 aromatic heterocycles. The second-order valence-corrected chi connectivity index (χ2v) is 7.50. The third-order valence-electron chi connectivity index (χ3n) is 6.11. The van der Waals surface area contributed by atoms with Gasteiger partial charge in [0.2, 0.25) is 5.67 Å². The number of carboxylic acid groups (broad SMARTS) is 2. The molecule has 0 amide bonds. The first-order valence-corrected chi connectivity index (χ1v) is 8.79. The molecule has 2 aromatic rings. The fraction of sp³-hybridized carbons (Fsp3) is 0.400. The maximum atomic E-state index is 14.6. The van der Waals surface area contributed by atoms with Crippen molar-refractivity contribution in [1.82, 2.24) is 0 Å². The van der Waals surface area contributed by atoms with Gasteiger partial charge in [0, 0.05) is 11.8 Å². The van der Waals surface area contributed by atoms with Crippen LogP contribution in [-0.4, -0.2) is 39.5 Å². The Kier molecular flexibility index (Phi) is 3.80. The molecule has 4 rings (SSSR count). The van der Waals surface area contributed by atoms with Gasteiger partial charge in [-0.05, 0) is 35.7 Å². The van der Waals surface area contributed by atoms with Crippen LogP contribution < -0.4 is 5.73 Å². The number of hydrogen-bond acceptors (Lipinski definition) is 4. The van der Waals surface area contributed by atoms with Gasteiger partial charge in [-0.1, -0.05) is 36.4 Å². The Hall–Kier alpha value is -2.51. The average molecular weight is 373 g/mol. The Morgan fingerprint density at radius 2 is 1.85 bits per heavy atom. The number of alkyl halides is 1. The molecular weight excluding hydrogens is 353 g/mol. The van der Waals surface area contributed by atoms with Crippen molar-refractivity contribution in [3.63, 3.8) is 0 Å². The zero-order valence-corrected chi connectivity index (χ0v) is 14.6. The van der Waals surface area contributed by atoms with Crippen LogP contribution in [0.4, 0.5) is 4.39 Å². The number of carbonyl (C=O) groups is 2. The fourth-order valence-electron chi connectivity index (χ4n) is 4.56. The van der Waals surface area contributed by atoms with Gasteiger partial charge in [-0.3, -0.25) is 4.79 Å². The first-order valence-electron chi connectivity index (χ1n) is 8.79. The highest BCUT2D eigenvalue weighted by Crippen LogP contribution is 2.67. The molecule has 27 heavy (non-hydrogen) atoms. The Balaban J connectivity index is 1.58. The normalized spacial score (nSPS) is 35.6. The summed E-state index contributed by atoms with van der Waals surface area (Å²) in [6.07, 6.45) is -1.47. The molecule has 142 valence electrons. The van der Waals surface area contributed by atoms with Crippen molar-refractivity contribution >= 4 is 22.7 Å². The van der Waals surface area contributed by atoms with E-state index in [1.165, 1.54) is 0 Å². The minimum atomic E-state index is -2.58. The molecule has 0 bridgehead atoms. The third kappa shape index (κ3) is 2.38. The van der Waals surface area contributed by atoms with Crippen LogP contribution in [0.1, 0.15) is 25.0 Å². The van der Waals surface area contributed by atoms with Gasteiger partial charge in [0.25, 0.3) is 0 Å². The molecule has 0 radical (unpaired) electrons. The monoisotopic (exact) mass is 373 g/mol. The molecule has 2 aliphatic carbocycles. The summed E-state index contributed by atoms with van der Waals surface area (Å²) in [5.41, 5.74) is 2.22. The first kappa shape index (κ1) is 17.9. The van der Waals surface area contributed by atoms with E-state index in [-0.39, 0.29) is 6.42 Å². The number of carboxylic acids is 2. The molecule has 6 nitrogen and oxygen atoms in total. The SMILES string of the molecule is C[C@H](O[C@@H]1C[C@@H]2[C@H]([C@]1(N)C(=O)O)[C@@]2(F)C(=O)O)c1ccc2ccccc2c1. The van der Waals surface area contributed by atoms with Gasteiger partial charge in [-0.15, -0.1) is 0 Å². The quantitative estimate of drug-likeness (QED) is 0.743. The highest BCUT2D eigenvalue weighted by molar-refractivity contribution is 5.90. The summed E-state index contributed by atoms with van der Waals surface area (Å²) < 4.78 is 20.5. The minimum absolute atomic E-state index is 0.0335. The average Bonchev–Trinajstić information content (AvgIpc) is 3.12. The predicted molar refractivity (Wildman–Crippen MR) is 94.9 cm³/mol. The summed E-state index contributed by atoms with van der Waals surface area (Å²) in [5, 5.41) is 20.8. The van der Waals surface area contributed by atoms with Crippen molar-refractivity contribution in [3.05, 3.63) is 48.0 Å². The smallest absolute Gasteiger partial charge is 0.342 e. The number of fused-ring (bicyclic) bond motifs is 2. The van der Waals surface area contributed by atoms with E-state index in [4.69, 9.17) is 15.6 Å². The van der Waals surface area contributed by atoms with E-state index in [2.05, 4.69) is 0 Å². The largest absolute Gasteiger partial charge is 0.480 e. The number of ether oxygens (including phenoxy) is 1. The summed E-state index contributed by atoms with van der Waals surface area (Å²) in [6.45, 7) is 1.77. The molecule has 4 N–H and O–H groups in total. The fourth-order valence-corrected chi connectivity index (χ4v) is 4.56. The summed E-state index contributed by atoms with van der Waals surface area (Å²) >= 11 is 0. The first-order chi connectivity index (χ1) is 12.7. The molecule has 2 aliphatic rings.